The summed E-state index contributed by atoms with van der Waals surface area (Å²) < 4.78 is 51.7. The highest BCUT2D eigenvalue weighted by molar-refractivity contribution is 7.89. The molecule has 0 N–H and O–H groups in total. The summed E-state index contributed by atoms with van der Waals surface area (Å²) in [5.74, 6) is 0.902. The molecule has 8 nitrogen and oxygen atoms in total. The largest absolute Gasteiger partial charge is 0.493 e. The maximum Gasteiger partial charge on any atom is 0.324 e. The lowest BCUT2D eigenvalue weighted by atomic mass is 10.1. The first-order valence-corrected chi connectivity index (χ1v) is 11.5. The Balaban J connectivity index is 1.24. The van der Waals surface area contributed by atoms with Crippen LogP contribution in [-0.4, -0.2) is 55.6 Å². The van der Waals surface area contributed by atoms with Gasteiger partial charge in [-0.05, 0) is 41.5 Å². The predicted octanol–water partition coefficient (Wildman–Crippen LogP) is 2.25. The summed E-state index contributed by atoms with van der Waals surface area (Å²) in [5, 5.41) is 3.97. The van der Waals surface area contributed by atoms with Gasteiger partial charge < -0.3 is 14.2 Å². The number of rotatable bonds is 5. The molecule has 1 saturated heterocycles. The van der Waals surface area contributed by atoms with Crippen molar-refractivity contribution in [3.05, 3.63) is 65.2 Å². The van der Waals surface area contributed by atoms with E-state index in [1.807, 2.05) is 4.90 Å². The molecule has 0 saturated carbocycles. The monoisotopic (exact) mass is 444 g/mol. The van der Waals surface area contributed by atoms with Crippen LogP contribution >= 0.6 is 0 Å². The fourth-order valence-corrected chi connectivity index (χ4v) is 5.34. The van der Waals surface area contributed by atoms with Gasteiger partial charge in [0.1, 0.15) is 11.6 Å². The molecule has 0 spiro atoms. The first-order valence-electron chi connectivity index (χ1n) is 10.1. The van der Waals surface area contributed by atoms with Crippen molar-refractivity contribution in [3.8, 4) is 5.75 Å². The molecule has 0 radical (unpaired) electrons. The van der Waals surface area contributed by atoms with E-state index in [0.29, 0.717) is 55.9 Å². The van der Waals surface area contributed by atoms with Crippen LogP contribution in [0.2, 0.25) is 0 Å². The van der Waals surface area contributed by atoms with Gasteiger partial charge in [0.05, 0.1) is 11.5 Å². The summed E-state index contributed by atoms with van der Waals surface area (Å²) in [4.78, 5) is 6.55. The summed E-state index contributed by atoms with van der Waals surface area (Å²) in [6.45, 7) is 2.10. The molecule has 2 aromatic carbocycles. The molecule has 162 valence electrons. The van der Waals surface area contributed by atoms with E-state index in [2.05, 4.69) is 10.1 Å². The number of nitrogens with zero attached hydrogens (tertiary/aromatic N) is 4. The van der Waals surface area contributed by atoms with Crippen LogP contribution in [0.3, 0.4) is 0 Å². The van der Waals surface area contributed by atoms with E-state index in [-0.39, 0.29) is 5.82 Å². The van der Waals surface area contributed by atoms with Gasteiger partial charge in [-0.1, -0.05) is 17.3 Å². The lowest BCUT2D eigenvalue weighted by molar-refractivity contribution is 0.353. The topological polar surface area (TPSA) is 88.8 Å². The zero-order valence-corrected chi connectivity index (χ0v) is 17.5. The lowest BCUT2D eigenvalue weighted by Gasteiger charge is -2.32. The van der Waals surface area contributed by atoms with Crippen molar-refractivity contribution < 1.29 is 22.1 Å². The zero-order valence-electron chi connectivity index (χ0n) is 16.7. The molecular formula is C21H21FN4O4S. The van der Waals surface area contributed by atoms with E-state index in [9.17, 15) is 12.8 Å². The molecule has 0 atom stereocenters. The third-order valence-corrected chi connectivity index (χ3v) is 7.41. The van der Waals surface area contributed by atoms with E-state index < -0.39 is 10.0 Å². The highest BCUT2D eigenvalue weighted by Crippen LogP contribution is 2.29. The van der Waals surface area contributed by atoms with Gasteiger partial charge in [-0.3, -0.25) is 0 Å². The minimum absolute atomic E-state index is 0.292. The minimum atomic E-state index is -3.58. The number of piperazine rings is 1. The van der Waals surface area contributed by atoms with E-state index in [1.165, 1.54) is 16.4 Å². The van der Waals surface area contributed by atoms with Gasteiger partial charge in [0.2, 0.25) is 10.0 Å². The summed E-state index contributed by atoms with van der Waals surface area (Å²) in [7, 11) is -3.58. The molecule has 31 heavy (non-hydrogen) atoms. The molecule has 2 aliphatic rings. The van der Waals surface area contributed by atoms with Crippen LogP contribution in [0.1, 0.15) is 17.0 Å². The fourth-order valence-electron chi connectivity index (χ4n) is 3.87. The highest BCUT2D eigenvalue weighted by atomic mass is 32.2. The van der Waals surface area contributed by atoms with Crippen molar-refractivity contribution in [1.82, 2.24) is 14.4 Å². The van der Waals surface area contributed by atoms with Crippen LogP contribution in [0.4, 0.5) is 10.4 Å². The third-order valence-electron chi connectivity index (χ3n) is 5.52. The van der Waals surface area contributed by atoms with Crippen molar-refractivity contribution in [2.24, 2.45) is 0 Å². The number of sulfonamides is 1. The molecule has 3 aromatic rings. The summed E-state index contributed by atoms with van der Waals surface area (Å²) in [6, 6.07) is 11.6. The number of ether oxygens (including phenoxy) is 1. The molecule has 1 fully saturated rings. The van der Waals surface area contributed by atoms with E-state index in [4.69, 9.17) is 9.26 Å². The smallest absolute Gasteiger partial charge is 0.324 e. The SMILES string of the molecule is O=S(=O)(c1ccc2c(c1)CCO2)N1CCN(c2nc(Cc3cccc(F)c3)no2)CC1. The van der Waals surface area contributed by atoms with Gasteiger partial charge in [0, 0.05) is 39.0 Å². The average molecular weight is 444 g/mol. The lowest BCUT2D eigenvalue weighted by Crippen LogP contribution is -2.48. The number of fused-ring (bicyclic) bond motifs is 1. The van der Waals surface area contributed by atoms with Gasteiger partial charge >= 0.3 is 6.01 Å². The van der Waals surface area contributed by atoms with Gasteiger partial charge in [-0.15, -0.1) is 0 Å². The average Bonchev–Trinajstić information content (AvgIpc) is 3.43. The molecule has 5 rings (SSSR count). The van der Waals surface area contributed by atoms with Crippen molar-refractivity contribution in [2.45, 2.75) is 17.7 Å². The molecule has 0 amide bonds. The van der Waals surface area contributed by atoms with E-state index in [0.717, 1.165) is 23.3 Å². The third kappa shape index (κ3) is 4.00. The quantitative estimate of drug-likeness (QED) is 0.596. The second kappa shape index (κ2) is 7.93. The molecule has 2 aliphatic heterocycles. The highest BCUT2D eigenvalue weighted by Gasteiger charge is 2.31. The van der Waals surface area contributed by atoms with Crippen LogP contribution in [0.25, 0.3) is 0 Å². The van der Waals surface area contributed by atoms with E-state index >= 15 is 0 Å². The Hall–Kier alpha value is -2.98. The van der Waals surface area contributed by atoms with E-state index in [1.54, 1.807) is 30.3 Å². The number of halogens is 1. The standard InChI is InChI=1S/C21H21FN4O4S/c22-17-3-1-2-15(12-17)13-20-23-21(30-24-20)25-7-9-26(10-8-25)31(27,28)18-4-5-19-16(14-18)6-11-29-19/h1-5,12,14H,6-11,13H2. The van der Waals surface area contributed by atoms with Crippen LogP contribution < -0.4 is 9.64 Å². The molecule has 0 aliphatic carbocycles. The Morgan fingerprint density at radius 3 is 2.71 bits per heavy atom. The van der Waals surface area contributed by atoms with Gasteiger partial charge in [0.25, 0.3) is 0 Å². The Kier molecular flexibility index (Phi) is 5.11. The number of anilines is 1. The van der Waals surface area contributed by atoms with Gasteiger partial charge in [-0.2, -0.15) is 9.29 Å². The Labute approximate surface area is 179 Å². The first kappa shape index (κ1) is 20.0. The zero-order chi connectivity index (χ0) is 21.4. The van der Waals surface area contributed by atoms with Crippen molar-refractivity contribution in [3.63, 3.8) is 0 Å². The predicted molar refractivity (Wildman–Crippen MR) is 110 cm³/mol. The van der Waals surface area contributed by atoms with Crippen LogP contribution in [-0.2, 0) is 22.9 Å². The Bertz CT molecular complexity index is 1210. The fraction of sp³-hybridized carbons (Fsp3) is 0.333. The minimum Gasteiger partial charge on any atom is -0.493 e. The number of aromatic nitrogens is 2. The molecule has 10 heteroatoms. The first-order chi connectivity index (χ1) is 15.0. The maximum atomic E-state index is 13.4. The van der Waals surface area contributed by atoms with Crippen LogP contribution in [0, 0.1) is 5.82 Å². The number of hydrogen-bond donors (Lipinski definition) is 0. The summed E-state index contributed by atoms with van der Waals surface area (Å²) >= 11 is 0. The van der Waals surface area contributed by atoms with Crippen molar-refractivity contribution in [2.75, 3.05) is 37.7 Å². The molecule has 0 unspecified atom stereocenters. The van der Waals surface area contributed by atoms with Crippen molar-refractivity contribution >= 4 is 16.0 Å². The maximum absolute atomic E-state index is 13.4. The Morgan fingerprint density at radius 1 is 1.06 bits per heavy atom. The number of hydrogen-bond acceptors (Lipinski definition) is 7. The summed E-state index contributed by atoms with van der Waals surface area (Å²) in [5.41, 5.74) is 1.68. The van der Waals surface area contributed by atoms with Crippen molar-refractivity contribution in [1.29, 1.82) is 0 Å². The van der Waals surface area contributed by atoms with Gasteiger partial charge in [0.15, 0.2) is 5.82 Å². The second-order valence-electron chi connectivity index (χ2n) is 7.56. The molecule has 3 heterocycles. The Morgan fingerprint density at radius 2 is 1.90 bits per heavy atom. The van der Waals surface area contributed by atoms with Crippen LogP contribution in [0.5, 0.6) is 5.75 Å². The molecule has 1 aromatic heterocycles. The molecule has 0 bridgehead atoms. The van der Waals surface area contributed by atoms with Crippen LogP contribution in [0.15, 0.2) is 51.9 Å². The molecular weight excluding hydrogens is 423 g/mol. The van der Waals surface area contributed by atoms with Gasteiger partial charge in [-0.25, -0.2) is 12.8 Å². The normalized spacial score (nSPS) is 16.9. The summed E-state index contributed by atoms with van der Waals surface area (Å²) in [6.07, 6.45) is 1.08. The second-order valence-corrected chi connectivity index (χ2v) is 9.50. The number of benzene rings is 2.